The Morgan fingerprint density at radius 3 is 2.17 bits per heavy atom. The van der Waals surface area contributed by atoms with Gasteiger partial charge < -0.3 is 4.74 Å². The molecule has 0 spiro atoms. The second kappa shape index (κ2) is 5.20. The normalized spacial score (nSPS) is 11.2. The summed E-state index contributed by atoms with van der Waals surface area (Å²) in [5, 5.41) is 9.95. The number of nitriles is 1. The van der Waals surface area contributed by atoms with Crippen LogP contribution in [0.25, 0.3) is 0 Å². The van der Waals surface area contributed by atoms with Gasteiger partial charge in [-0.15, -0.1) is 0 Å². The van der Waals surface area contributed by atoms with Gasteiger partial charge in [-0.3, -0.25) is 0 Å². The Balaban J connectivity index is 3.49. The Kier molecular flexibility index (Phi) is 4.29. The molecule has 0 fully saturated rings. The molecule has 1 aromatic rings. The molecular formula is C15H20ClNO. The zero-order chi connectivity index (χ0) is 14.1. The van der Waals surface area contributed by atoms with Crippen molar-refractivity contribution in [3.8, 4) is 11.8 Å². The Labute approximate surface area is 115 Å². The van der Waals surface area contributed by atoms with Gasteiger partial charge in [0.1, 0.15) is 5.75 Å². The van der Waals surface area contributed by atoms with Gasteiger partial charge in [0.2, 0.25) is 0 Å². The van der Waals surface area contributed by atoms with E-state index in [9.17, 15) is 5.26 Å². The molecule has 0 saturated carbocycles. The molecule has 0 unspecified atom stereocenters. The van der Waals surface area contributed by atoms with Crippen LogP contribution in [-0.4, -0.2) is 7.11 Å². The van der Waals surface area contributed by atoms with Gasteiger partial charge in [-0.25, -0.2) is 0 Å². The monoisotopic (exact) mass is 265 g/mol. The minimum absolute atomic E-state index is 0.428. The minimum atomic E-state index is -0.428. The van der Waals surface area contributed by atoms with E-state index in [0.29, 0.717) is 6.42 Å². The molecule has 0 N–H and O–H groups in total. The lowest BCUT2D eigenvalue weighted by molar-refractivity contribution is 0.395. The molecule has 0 amide bonds. The lowest BCUT2D eigenvalue weighted by Gasteiger charge is -2.23. The van der Waals surface area contributed by atoms with E-state index in [-0.39, 0.29) is 0 Å². The topological polar surface area (TPSA) is 33.0 Å². The van der Waals surface area contributed by atoms with Crippen LogP contribution in [0.5, 0.6) is 5.75 Å². The minimum Gasteiger partial charge on any atom is -0.496 e. The number of hydrogen-bond acceptors (Lipinski definition) is 2. The lowest BCUT2D eigenvalue weighted by Crippen LogP contribution is -2.14. The zero-order valence-electron chi connectivity index (χ0n) is 11.9. The molecule has 0 aromatic heterocycles. The summed E-state index contributed by atoms with van der Waals surface area (Å²) < 4.78 is 5.52. The number of hydrogen-bond donors (Lipinski definition) is 0. The molecule has 0 heterocycles. The first-order valence-corrected chi connectivity index (χ1v) is 6.36. The van der Waals surface area contributed by atoms with Gasteiger partial charge in [-0.2, -0.15) is 5.26 Å². The van der Waals surface area contributed by atoms with E-state index in [0.717, 1.165) is 33.0 Å². The van der Waals surface area contributed by atoms with Crippen LogP contribution in [0.15, 0.2) is 0 Å². The standard InChI is InChI=1S/C15H20ClNO/c1-9-10(2)14(18-6)12(11(3)13(9)16)7-15(4,5)8-17/h7H2,1-6H3. The Morgan fingerprint density at radius 2 is 1.72 bits per heavy atom. The highest BCUT2D eigenvalue weighted by Crippen LogP contribution is 2.38. The largest absolute Gasteiger partial charge is 0.496 e. The number of benzene rings is 1. The molecule has 18 heavy (non-hydrogen) atoms. The SMILES string of the molecule is COc1c(C)c(C)c(Cl)c(C)c1CC(C)(C)C#N. The van der Waals surface area contributed by atoms with Crippen LogP contribution in [-0.2, 0) is 6.42 Å². The Bertz CT molecular complexity index is 512. The lowest BCUT2D eigenvalue weighted by atomic mass is 9.84. The summed E-state index contributed by atoms with van der Waals surface area (Å²) in [7, 11) is 1.66. The molecule has 0 aliphatic carbocycles. The first-order valence-electron chi connectivity index (χ1n) is 5.98. The molecule has 0 aliphatic heterocycles. The molecule has 0 saturated heterocycles. The van der Waals surface area contributed by atoms with E-state index in [1.807, 2.05) is 34.6 Å². The Hall–Kier alpha value is -1.20. The van der Waals surface area contributed by atoms with Gasteiger partial charge in [0.25, 0.3) is 0 Å². The van der Waals surface area contributed by atoms with E-state index < -0.39 is 5.41 Å². The molecule has 98 valence electrons. The molecule has 0 aliphatic rings. The highest BCUT2D eigenvalue weighted by Gasteiger charge is 2.24. The number of ether oxygens (including phenoxy) is 1. The first-order chi connectivity index (χ1) is 8.25. The average Bonchev–Trinajstić information content (AvgIpc) is 2.33. The molecule has 0 bridgehead atoms. The van der Waals surface area contributed by atoms with Crippen LogP contribution in [0, 0.1) is 37.5 Å². The van der Waals surface area contributed by atoms with Crippen LogP contribution in [0.2, 0.25) is 5.02 Å². The van der Waals surface area contributed by atoms with Crippen LogP contribution < -0.4 is 4.74 Å². The van der Waals surface area contributed by atoms with Crippen LogP contribution in [0.3, 0.4) is 0 Å². The van der Waals surface area contributed by atoms with Gasteiger partial charge >= 0.3 is 0 Å². The second-order valence-electron chi connectivity index (χ2n) is 5.37. The van der Waals surface area contributed by atoms with Crippen LogP contribution in [0.1, 0.15) is 36.1 Å². The molecule has 0 atom stereocenters. The van der Waals surface area contributed by atoms with Gasteiger partial charge in [-0.1, -0.05) is 11.6 Å². The summed E-state index contributed by atoms with van der Waals surface area (Å²) in [6, 6.07) is 2.32. The molecule has 1 aromatic carbocycles. The highest BCUT2D eigenvalue weighted by atomic mass is 35.5. The van der Waals surface area contributed by atoms with Crippen LogP contribution in [0.4, 0.5) is 0 Å². The third kappa shape index (κ3) is 2.62. The van der Waals surface area contributed by atoms with E-state index in [1.54, 1.807) is 7.11 Å². The predicted octanol–water partition coefficient (Wildman–Crippen LogP) is 4.37. The summed E-state index contributed by atoms with van der Waals surface area (Å²) >= 11 is 6.35. The number of nitrogens with zero attached hydrogens (tertiary/aromatic N) is 1. The van der Waals surface area contributed by atoms with Crippen LogP contribution >= 0.6 is 11.6 Å². The molecule has 0 radical (unpaired) electrons. The fraction of sp³-hybridized carbons (Fsp3) is 0.533. The van der Waals surface area contributed by atoms with E-state index in [4.69, 9.17) is 16.3 Å². The summed E-state index contributed by atoms with van der Waals surface area (Å²) in [6.45, 7) is 9.83. The van der Waals surface area contributed by atoms with Crippen molar-refractivity contribution < 1.29 is 4.74 Å². The predicted molar refractivity (Wildman–Crippen MR) is 75.3 cm³/mol. The maximum absolute atomic E-state index is 9.18. The average molecular weight is 266 g/mol. The number of methoxy groups -OCH3 is 1. The first kappa shape index (κ1) is 14.9. The maximum Gasteiger partial charge on any atom is 0.125 e. The highest BCUT2D eigenvalue weighted by molar-refractivity contribution is 6.32. The smallest absolute Gasteiger partial charge is 0.125 e. The Morgan fingerprint density at radius 1 is 1.17 bits per heavy atom. The number of halogens is 1. The summed E-state index contributed by atoms with van der Waals surface area (Å²) in [6.07, 6.45) is 0.638. The van der Waals surface area contributed by atoms with E-state index in [2.05, 4.69) is 6.07 Å². The summed E-state index contributed by atoms with van der Waals surface area (Å²) in [5.74, 6) is 0.859. The van der Waals surface area contributed by atoms with Crippen molar-refractivity contribution in [2.75, 3.05) is 7.11 Å². The molecule has 2 nitrogen and oxygen atoms in total. The third-order valence-corrected chi connectivity index (χ3v) is 3.98. The van der Waals surface area contributed by atoms with Crippen molar-refractivity contribution in [3.63, 3.8) is 0 Å². The van der Waals surface area contributed by atoms with Crippen molar-refractivity contribution >= 4 is 11.6 Å². The number of rotatable bonds is 3. The van der Waals surface area contributed by atoms with Crippen molar-refractivity contribution in [1.82, 2.24) is 0 Å². The van der Waals surface area contributed by atoms with Crippen molar-refractivity contribution in [2.45, 2.75) is 41.0 Å². The molecule has 1 rings (SSSR count). The maximum atomic E-state index is 9.18. The van der Waals surface area contributed by atoms with Gasteiger partial charge in [0, 0.05) is 10.6 Å². The van der Waals surface area contributed by atoms with Crippen molar-refractivity contribution in [1.29, 1.82) is 5.26 Å². The second-order valence-corrected chi connectivity index (χ2v) is 5.75. The van der Waals surface area contributed by atoms with E-state index >= 15 is 0 Å². The van der Waals surface area contributed by atoms with Crippen molar-refractivity contribution in [2.24, 2.45) is 5.41 Å². The quantitative estimate of drug-likeness (QED) is 0.813. The van der Waals surface area contributed by atoms with E-state index in [1.165, 1.54) is 0 Å². The molecular weight excluding hydrogens is 246 g/mol. The van der Waals surface area contributed by atoms with Gasteiger partial charge in [-0.05, 0) is 57.7 Å². The fourth-order valence-corrected chi connectivity index (χ4v) is 2.37. The van der Waals surface area contributed by atoms with Gasteiger partial charge in [0.05, 0.1) is 18.6 Å². The fourth-order valence-electron chi connectivity index (χ4n) is 2.12. The van der Waals surface area contributed by atoms with Gasteiger partial charge in [0.15, 0.2) is 0 Å². The van der Waals surface area contributed by atoms with Crippen molar-refractivity contribution in [3.05, 3.63) is 27.3 Å². The zero-order valence-corrected chi connectivity index (χ0v) is 12.7. The molecule has 3 heteroatoms. The summed E-state index contributed by atoms with van der Waals surface area (Å²) in [5.41, 5.74) is 3.72. The summed E-state index contributed by atoms with van der Waals surface area (Å²) in [4.78, 5) is 0. The third-order valence-electron chi connectivity index (χ3n) is 3.41.